The van der Waals surface area contributed by atoms with Gasteiger partial charge in [-0.25, -0.2) is 8.78 Å². The van der Waals surface area contributed by atoms with Gasteiger partial charge in [-0.2, -0.15) is 0 Å². The zero-order valence-corrected chi connectivity index (χ0v) is 27.4. The average molecular weight is 645 g/mol. The molecule has 8 heteroatoms. The second-order valence-corrected chi connectivity index (χ2v) is 16.0. The number of para-hydroxylation sites is 2. The minimum absolute atomic E-state index is 0.0139. The van der Waals surface area contributed by atoms with Crippen LogP contribution in [0, 0.1) is 45.1 Å². The average Bonchev–Trinajstić information content (AvgIpc) is 3.32. The minimum Gasteiger partial charge on any atom is -0.506 e. The van der Waals surface area contributed by atoms with Crippen LogP contribution in [0.25, 0.3) is 0 Å². The van der Waals surface area contributed by atoms with E-state index in [0.29, 0.717) is 25.0 Å². The number of halogens is 2. The standard InChI is InChI=1S/C39H46F2N2O4/c1-35-12-9-26(44)22-37(35)15-16-39(27(23-37)34(46)25-7-8-28(40)29(41)21-25)32(35)10-13-36(2)33(39)11-14-38(36,47)24-42-17-19-43(20-18-42)30-5-3-4-6-31(30)45/h3-8,15-16,21,23,26,32-33,44-45,47H,9-14,17-20,22,24H2,1-2H3/t26?,32-,33-,35-,36+,37+,38-,39-/m1/s1. The Balaban J connectivity index is 1.14. The predicted octanol–water partition coefficient (Wildman–Crippen LogP) is 6.27. The number of fused-ring (bicyclic) bond motifs is 1. The molecule has 2 aromatic rings. The summed E-state index contributed by atoms with van der Waals surface area (Å²) in [5, 5.41) is 34.0. The van der Waals surface area contributed by atoms with Gasteiger partial charge < -0.3 is 20.2 Å². The van der Waals surface area contributed by atoms with Gasteiger partial charge in [-0.1, -0.05) is 44.2 Å². The smallest absolute Gasteiger partial charge is 0.189 e. The van der Waals surface area contributed by atoms with E-state index in [-0.39, 0.29) is 34.3 Å². The Morgan fingerprint density at radius 1 is 0.894 bits per heavy atom. The zero-order chi connectivity index (χ0) is 33.0. The van der Waals surface area contributed by atoms with Crippen molar-refractivity contribution < 1.29 is 28.9 Å². The van der Waals surface area contributed by atoms with Crippen molar-refractivity contribution in [1.29, 1.82) is 0 Å². The lowest BCUT2D eigenvalue weighted by Crippen LogP contribution is -2.67. The molecule has 1 saturated heterocycles. The van der Waals surface area contributed by atoms with Gasteiger partial charge in [-0.3, -0.25) is 9.69 Å². The fraction of sp³-hybridized carbons (Fsp3) is 0.564. The van der Waals surface area contributed by atoms with Crippen LogP contribution in [0.2, 0.25) is 0 Å². The number of carbonyl (C=O) groups is 1. The van der Waals surface area contributed by atoms with Gasteiger partial charge >= 0.3 is 0 Å². The summed E-state index contributed by atoms with van der Waals surface area (Å²) in [5.74, 6) is -1.90. The number of aliphatic hydroxyl groups excluding tert-OH is 1. The van der Waals surface area contributed by atoms with Crippen molar-refractivity contribution in [3.05, 3.63) is 83.5 Å². The molecule has 0 radical (unpaired) electrons. The van der Waals surface area contributed by atoms with E-state index >= 15 is 0 Å². The molecule has 2 spiro atoms. The summed E-state index contributed by atoms with van der Waals surface area (Å²) in [6, 6.07) is 10.8. The van der Waals surface area contributed by atoms with Crippen LogP contribution in [-0.4, -0.2) is 70.4 Å². The number of piperazine rings is 1. The normalized spacial score (nSPS) is 40.9. The summed E-state index contributed by atoms with van der Waals surface area (Å²) in [6.07, 6.45) is 11.3. The summed E-state index contributed by atoms with van der Waals surface area (Å²) in [7, 11) is 0. The maximum Gasteiger partial charge on any atom is 0.189 e. The van der Waals surface area contributed by atoms with E-state index in [9.17, 15) is 28.9 Å². The van der Waals surface area contributed by atoms with Gasteiger partial charge in [-0.15, -0.1) is 0 Å². The van der Waals surface area contributed by atoms with E-state index in [1.165, 1.54) is 6.07 Å². The molecule has 1 aliphatic heterocycles. The van der Waals surface area contributed by atoms with E-state index in [1.807, 2.05) is 18.2 Å². The Morgan fingerprint density at radius 2 is 1.60 bits per heavy atom. The Hall–Kier alpha value is -3.07. The molecule has 4 fully saturated rings. The third kappa shape index (κ3) is 4.20. The van der Waals surface area contributed by atoms with Crippen molar-refractivity contribution in [1.82, 2.24) is 4.90 Å². The van der Waals surface area contributed by atoms with E-state index in [2.05, 4.69) is 41.9 Å². The van der Waals surface area contributed by atoms with Crippen molar-refractivity contribution >= 4 is 11.5 Å². The molecule has 0 aromatic heterocycles. The van der Waals surface area contributed by atoms with Gasteiger partial charge in [0.1, 0.15) is 5.75 Å². The number of aromatic hydroxyl groups is 1. The van der Waals surface area contributed by atoms with Crippen LogP contribution in [-0.2, 0) is 0 Å². The number of Topliss-reactive ketones (excluding diaryl/α,β-unsaturated/α-hetero) is 1. The molecular weight excluding hydrogens is 598 g/mol. The summed E-state index contributed by atoms with van der Waals surface area (Å²) >= 11 is 0. The molecule has 3 saturated carbocycles. The van der Waals surface area contributed by atoms with Crippen molar-refractivity contribution in [3.8, 4) is 5.75 Å². The topological polar surface area (TPSA) is 84.2 Å². The molecule has 8 atom stereocenters. The fourth-order valence-electron chi connectivity index (χ4n) is 11.6. The van der Waals surface area contributed by atoms with Crippen LogP contribution in [0.15, 0.2) is 66.3 Å². The quantitative estimate of drug-likeness (QED) is 0.263. The molecule has 6 aliphatic carbocycles. The van der Waals surface area contributed by atoms with Crippen LogP contribution in [0.1, 0.15) is 69.2 Å². The first-order valence-corrected chi connectivity index (χ1v) is 17.5. The number of hydrogen-bond donors (Lipinski definition) is 3. The van der Waals surface area contributed by atoms with E-state index in [0.717, 1.165) is 76.1 Å². The van der Waals surface area contributed by atoms with Crippen molar-refractivity contribution in [2.75, 3.05) is 37.6 Å². The molecule has 1 unspecified atom stereocenters. The van der Waals surface area contributed by atoms with E-state index < -0.39 is 39.6 Å². The highest BCUT2D eigenvalue weighted by molar-refractivity contribution is 6.10. The molecule has 9 rings (SSSR count). The summed E-state index contributed by atoms with van der Waals surface area (Å²) < 4.78 is 28.5. The number of phenolic OH excluding ortho intramolecular Hbond substituents is 1. The largest absolute Gasteiger partial charge is 0.506 e. The molecule has 2 aromatic carbocycles. The monoisotopic (exact) mass is 644 g/mol. The SMILES string of the molecule is C[C@]12CC[C@H]3[C@]4(C=C[C@@]5(C=C4C(=O)c4ccc(F)c(F)c4)CC(O)CC[C@]35C)[C@@H]1CC[C@@]2(O)CN1CCN(c2ccccc2O)CC1. The molecule has 250 valence electrons. The number of phenols is 1. The van der Waals surface area contributed by atoms with Gasteiger partial charge in [0.15, 0.2) is 17.4 Å². The second kappa shape index (κ2) is 10.5. The maximum atomic E-state index is 14.6. The third-order valence-electron chi connectivity index (χ3n) is 14.2. The van der Waals surface area contributed by atoms with Crippen LogP contribution in [0.5, 0.6) is 5.75 Å². The van der Waals surface area contributed by atoms with Crippen LogP contribution < -0.4 is 4.90 Å². The van der Waals surface area contributed by atoms with E-state index in [4.69, 9.17) is 0 Å². The molecule has 2 bridgehead atoms. The van der Waals surface area contributed by atoms with Gasteiger partial charge in [0.05, 0.1) is 17.4 Å². The van der Waals surface area contributed by atoms with E-state index in [1.54, 1.807) is 6.07 Å². The van der Waals surface area contributed by atoms with Gasteiger partial charge in [-0.05, 0) is 92.5 Å². The minimum atomic E-state index is -1.04. The number of nitrogens with zero attached hydrogens (tertiary/aromatic N) is 2. The number of carbonyl (C=O) groups excluding carboxylic acids is 1. The maximum absolute atomic E-state index is 14.6. The Bertz CT molecular complexity index is 1690. The second-order valence-electron chi connectivity index (χ2n) is 16.0. The molecule has 47 heavy (non-hydrogen) atoms. The highest BCUT2D eigenvalue weighted by Crippen LogP contribution is 2.78. The van der Waals surface area contributed by atoms with Crippen molar-refractivity contribution in [2.24, 2.45) is 33.5 Å². The number of β-amino-alcohol motifs (C(OH)–C–C–N with tert-alkyl or cyclic N) is 1. The number of ketones is 1. The number of benzene rings is 2. The number of hydrogen-bond acceptors (Lipinski definition) is 6. The molecule has 0 amide bonds. The van der Waals surface area contributed by atoms with Crippen LogP contribution in [0.4, 0.5) is 14.5 Å². The zero-order valence-electron chi connectivity index (χ0n) is 27.4. The molecule has 3 N–H and O–H groups in total. The van der Waals surface area contributed by atoms with Crippen molar-refractivity contribution in [2.45, 2.75) is 70.5 Å². The predicted molar refractivity (Wildman–Crippen MR) is 176 cm³/mol. The summed E-state index contributed by atoms with van der Waals surface area (Å²) in [4.78, 5) is 19.1. The number of anilines is 1. The number of rotatable bonds is 5. The molecule has 6 nitrogen and oxygen atoms in total. The number of aliphatic hydroxyl groups is 2. The first-order chi connectivity index (χ1) is 22.4. The first-order valence-electron chi connectivity index (χ1n) is 17.5. The molecule has 7 aliphatic rings. The third-order valence-corrected chi connectivity index (χ3v) is 14.2. The van der Waals surface area contributed by atoms with Crippen LogP contribution in [0.3, 0.4) is 0 Å². The van der Waals surface area contributed by atoms with Gasteiger partial charge in [0.25, 0.3) is 0 Å². The molecular formula is C39H46F2N2O4. The molecule has 1 heterocycles. The lowest BCUT2D eigenvalue weighted by atomic mass is 9.32. The fourth-order valence-corrected chi connectivity index (χ4v) is 11.6. The Morgan fingerprint density at radius 3 is 2.34 bits per heavy atom. The first kappa shape index (κ1) is 31.2. The lowest BCUT2D eigenvalue weighted by Gasteiger charge is -2.71. The highest BCUT2D eigenvalue weighted by atomic mass is 19.2. The van der Waals surface area contributed by atoms with Gasteiger partial charge in [0.2, 0.25) is 0 Å². The lowest BCUT2D eigenvalue weighted by molar-refractivity contribution is -0.176. The summed E-state index contributed by atoms with van der Waals surface area (Å²) in [6.45, 7) is 8.16. The van der Waals surface area contributed by atoms with Gasteiger partial charge in [0, 0.05) is 60.1 Å². The summed E-state index contributed by atoms with van der Waals surface area (Å²) in [5.41, 5.74) is -1.13. The Labute approximate surface area is 275 Å². The van der Waals surface area contributed by atoms with Crippen molar-refractivity contribution in [3.63, 3.8) is 0 Å². The Kier molecular flexibility index (Phi) is 6.95. The number of allylic oxidation sites excluding steroid dienone is 4. The highest BCUT2D eigenvalue weighted by Gasteiger charge is 2.74. The van der Waals surface area contributed by atoms with Crippen LogP contribution >= 0.6 is 0 Å².